The molecule has 1 N–H and O–H groups in total. The Kier molecular flexibility index (Phi) is 9.27. The van der Waals surface area contributed by atoms with E-state index in [1.54, 1.807) is 54.0 Å². The fraction of sp³-hybridized carbons (Fsp3) is 0.458. The van der Waals surface area contributed by atoms with Crippen molar-refractivity contribution in [2.75, 3.05) is 39.7 Å². The predicted molar refractivity (Wildman–Crippen MR) is 130 cm³/mol. The van der Waals surface area contributed by atoms with E-state index in [1.165, 1.54) is 10.4 Å². The van der Waals surface area contributed by atoms with Crippen molar-refractivity contribution < 1.29 is 22.7 Å². The van der Waals surface area contributed by atoms with E-state index in [9.17, 15) is 13.2 Å². The van der Waals surface area contributed by atoms with E-state index in [1.807, 2.05) is 30.1 Å². The zero-order valence-electron chi connectivity index (χ0n) is 20.5. The molecule has 0 bridgehead atoms. The van der Waals surface area contributed by atoms with Crippen LogP contribution in [-0.2, 0) is 21.4 Å². The number of amides is 1. The minimum Gasteiger partial charge on any atom is -0.493 e. The van der Waals surface area contributed by atoms with Gasteiger partial charge in [-0.25, -0.2) is 8.42 Å². The monoisotopic (exact) mass is 477 g/mol. The number of anilines is 1. The van der Waals surface area contributed by atoms with Gasteiger partial charge in [-0.2, -0.15) is 4.31 Å². The molecule has 2 rings (SSSR count). The first kappa shape index (κ1) is 26.6. The summed E-state index contributed by atoms with van der Waals surface area (Å²) in [6.07, 6.45) is 0. The van der Waals surface area contributed by atoms with Crippen molar-refractivity contribution in [1.29, 1.82) is 0 Å². The summed E-state index contributed by atoms with van der Waals surface area (Å²) in [6.45, 7) is 8.44. The van der Waals surface area contributed by atoms with Crippen LogP contribution in [0.4, 0.5) is 5.69 Å². The summed E-state index contributed by atoms with van der Waals surface area (Å²) >= 11 is 0. The van der Waals surface area contributed by atoms with Gasteiger partial charge in [0.1, 0.15) is 0 Å². The number of aryl methyl sites for hydroxylation is 1. The van der Waals surface area contributed by atoms with Crippen LogP contribution in [0.25, 0.3) is 0 Å². The molecule has 0 saturated carbocycles. The quantitative estimate of drug-likeness (QED) is 0.533. The number of carbonyl (C=O) groups excluding carboxylic acids is 1. The molecule has 0 spiro atoms. The third kappa shape index (κ3) is 6.25. The molecule has 0 aliphatic rings. The number of carbonyl (C=O) groups is 1. The number of methoxy groups -OCH3 is 2. The van der Waals surface area contributed by atoms with Gasteiger partial charge in [-0.05, 0) is 56.3 Å². The van der Waals surface area contributed by atoms with Crippen molar-refractivity contribution in [1.82, 2.24) is 9.21 Å². The lowest BCUT2D eigenvalue weighted by molar-refractivity contribution is -0.120. The van der Waals surface area contributed by atoms with Crippen LogP contribution in [-0.4, -0.2) is 63.9 Å². The lowest BCUT2D eigenvalue weighted by atomic mass is 10.1. The molecule has 33 heavy (non-hydrogen) atoms. The molecule has 0 aliphatic carbocycles. The third-order valence-corrected chi connectivity index (χ3v) is 7.89. The Bertz CT molecular complexity index is 1070. The summed E-state index contributed by atoms with van der Waals surface area (Å²) in [6, 6.07) is 10.1. The molecule has 0 saturated heterocycles. The first-order chi connectivity index (χ1) is 15.6. The summed E-state index contributed by atoms with van der Waals surface area (Å²) in [5, 5.41) is 2.86. The number of hydrogen-bond donors (Lipinski definition) is 1. The van der Waals surface area contributed by atoms with Crippen LogP contribution < -0.4 is 14.8 Å². The molecule has 0 aliphatic heterocycles. The first-order valence-corrected chi connectivity index (χ1v) is 12.4. The summed E-state index contributed by atoms with van der Waals surface area (Å²) in [4.78, 5) is 15.0. The normalized spacial score (nSPS) is 12.6. The maximum atomic E-state index is 13.0. The minimum absolute atomic E-state index is 0.204. The SMILES string of the molecule is CCN(CC)S(=O)(=O)c1cc(NC(=O)C(C)N(C)Cc2ccc(OC)c(OC)c2)ccc1C. The molecule has 9 heteroatoms. The van der Waals surface area contributed by atoms with Crippen LogP contribution >= 0.6 is 0 Å². The topological polar surface area (TPSA) is 88.2 Å². The highest BCUT2D eigenvalue weighted by Gasteiger charge is 2.25. The van der Waals surface area contributed by atoms with Crippen LogP contribution in [0.1, 0.15) is 31.9 Å². The van der Waals surface area contributed by atoms with Crippen molar-refractivity contribution in [3.05, 3.63) is 47.5 Å². The molecule has 0 fully saturated rings. The van der Waals surface area contributed by atoms with E-state index in [2.05, 4.69) is 5.32 Å². The highest BCUT2D eigenvalue weighted by Crippen LogP contribution is 2.28. The summed E-state index contributed by atoms with van der Waals surface area (Å²) in [5.74, 6) is 1.04. The Hall–Kier alpha value is -2.62. The van der Waals surface area contributed by atoms with Crippen molar-refractivity contribution in [2.45, 2.75) is 45.2 Å². The summed E-state index contributed by atoms with van der Waals surface area (Å²) in [5.41, 5.74) is 2.05. The van der Waals surface area contributed by atoms with Crippen molar-refractivity contribution in [3.63, 3.8) is 0 Å². The molecule has 8 nitrogen and oxygen atoms in total. The maximum absolute atomic E-state index is 13.0. The zero-order valence-corrected chi connectivity index (χ0v) is 21.3. The number of likely N-dealkylation sites (N-methyl/N-ethyl adjacent to an activating group) is 1. The van der Waals surface area contributed by atoms with Crippen LogP contribution in [0.2, 0.25) is 0 Å². The number of rotatable bonds is 11. The zero-order chi connectivity index (χ0) is 24.8. The molecular weight excluding hydrogens is 442 g/mol. The largest absolute Gasteiger partial charge is 0.493 e. The molecular formula is C24H35N3O5S. The molecule has 0 heterocycles. The Morgan fingerprint density at radius 1 is 1.03 bits per heavy atom. The van der Waals surface area contributed by atoms with Gasteiger partial charge in [0.15, 0.2) is 11.5 Å². The molecule has 2 aromatic carbocycles. The number of nitrogens with one attached hydrogen (secondary N) is 1. The number of nitrogens with zero attached hydrogens (tertiary/aromatic N) is 2. The highest BCUT2D eigenvalue weighted by atomic mass is 32.2. The molecule has 0 aromatic heterocycles. The smallest absolute Gasteiger partial charge is 0.243 e. The van der Waals surface area contributed by atoms with E-state index in [0.717, 1.165) is 5.56 Å². The molecule has 1 unspecified atom stereocenters. The predicted octanol–water partition coefficient (Wildman–Crippen LogP) is 3.50. The fourth-order valence-corrected chi connectivity index (χ4v) is 5.22. The molecule has 1 amide bonds. The summed E-state index contributed by atoms with van der Waals surface area (Å²) in [7, 11) is 1.39. The number of benzene rings is 2. The Morgan fingerprint density at radius 3 is 2.24 bits per heavy atom. The Morgan fingerprint density at radius 2 is 1.67 bits per heavy atom. The van der Waals surface area contributed by atoms with Crippen LogP contribution in [0, 0.1) is 6.92 Å². The second-order valence-electron chi connectivity index (χ2n) is 7.84. The molecule has 1 atom stereocenters. The van der Waals surface area contributed by atoms with Crippen LogP contribution in [0.15, 0.2) is 41.3 Å². The van der Waals surface area contributed by atoms with Crippen LogP contribution in [0.3, 0.4) is 0 Å². The molecule has 0 radical (unpaired) electrons. The Labute approximate surface area is 197 Å². The second kappa shape index (κ2) is 11.5. The van der Waals surface area contributed by atoms with Gasteiger partial charge in [-0.3, -0.25) is 9.69 Å². The minimum atomic E-state index is -3.63. The number of sulfonamides is 1. The maximum Gasteiger partial charge on any atom is 0.243 e. The van der Waals surface area contributed by atoms with Gasteiger partial charge in [0.25, 0.3) is 0 Å². The van der Waals surface area contributed by atoms with Gasteiger partial charge >= 0.3 is 0 Å². The highest BCUT2D eigenvalue weighted by molar-refractivity contribution is 7.89. The van der Waals surface area contributed by atoms with E-state index in [0.29, 0.717) is 42.4 Å². The standard InChI is InChI=1S/C24H35N3O5S/c1-8-27(9-2)33(29,30)23-15-20(12-10-17(23)3)25-24(28)18(4)26(5)16-19-11-13-21(31-6)22(14-19)32-7/h10-15,18H,8-9,16H2,1-7H3,(H,25,28). The van der Waals surface area contributed by atoms with Gasteiger partial charge in [0.2, 0.25) is 15.9 Å². The van der Waals surface area contributed by atoms with Gasteiger partial charge in [0, 0.05) is 25.3 Å². The second-order valence-corrected chi connectivity index (χ2v) is 9.75. The average Bonchev–Trinajstić information content (AvgIpc) is 2.79. The number of hydrogen-bond acceptors (Lipinski definition) is 6. The van der Waals surface area contributed by atoms with Crippen LogP contribution in [0.5, 0.6) is 11.5 Å². The van der Waals surface area contributed by atoms with Crippen molar-refractivity contribution in [3.8, 4) is 11.5 Å². The number of ether oxygens (including phenoxy) is 2. The van der Waals surface area contributed by atoms with E-state index >= 15 is 0 Å². The lowest BCUT2D eigenvalue weighted by Crippen LogP contribution is -2.39. The van der Waals surface area contributed by atoms with Gasteiger partial charge in [0.05, 0.1) is 25.2 Å². The fourth-order valence-electron chi connectivity index (χ4n) is 3.51. The van der Waals surface area contributed by atoms with Gasteiger partial charge < -0.3 is 14.8 Å². The van der Waals surface area contributed by atoms with E-state index in [4.69, 9.17) is 9.47 Å². The first-order valence-electron chi connectivity index (χ1n) is 10.9. The average molecular weight is 478 g/mol. The van der Waals surface area contributed by atoms with Gasteiger partial charge in [-0.15, -0.1) is 0 Å². The lowest BCUT2D eigenvalue weighted by Gasteiger charge is -2.25. The van der Waals surface area contributed by atoms with Gasteiger partial charge in [-0.1, -0.05) is 26.0 Å². The van der Waals surface area contributed by atoms with Crippen molar-refractivity contribution in [2.24, 2.45) is 0 Å². The van der Waals surface area contributed by atoms with E-state index < -0.39 is 16.1 Å². The molecule has 2 aromatic rings. The Balaban J connectivity index is 2.16. The summed E-state index contributed by atoms with van der Waals surface area (Å²) < 4.78 is 38.0. The van der Waals surface area contributed by atoms with Crippen molar-refractivity contribution >= 4 is 21.6 Å². The molecule has 182 valence electrons. The third-order valence-electron chi connectivity index (χ3n) is 5.70. The van der Waals surface area contributed by atoms with E-state index in [-0.39, 0.29) is 10.8 Å².